The first kappa shape index (κ1) is 15.8. The highest BCUT2D eigenvalue weighted by molar-refractivity contribution is 7.99. The fourth-order valence-electron chi connectivity index (χ4n) is 2.01. The summed E-state index contributed by atoms with van der Waals surface area (Å²) in [5.41, 5.74) is 1.88. The molecule has 0 saturated heterocycles. The van der Waals surface area contributed by atoms with Crippen molar-refractivity contribution in [3.8, 4) is 0 Å². The Morgan fingerprint density at radius 1 is 1.33 bits per heavy atom. The van der Waals surface area contributed by atoms with Crippen molar-refractivity contribution >= 4 is 11.8 Å². The first-order valence-corrected chi connectivity index (χ1v) is 7.99. The molecule has 0 bridgehead atoms. The van der Waals surface area contributed by atoms with Crippen molar-refractivity contribution in [3.63, 3.8) is 0 Å². The Labute approximate surface area is 129 Å². The van der Waals surface area contributed by atoms with Gasteiger partial charge in [-0.2, -0.15) is 0 Å². The van der Waals surface area contributed by atoms with E-state index in [9.17, 15) is 4.79 Å². The first-order valence-electron chi connectivity index (χ1n) is 7.17. The Morgan fingerprint density at radius 2 is 2.05 bits per heavy atom. The van der Waals surface area contributed by atoms with E-state index in [2.05, 4.69) is 53.4 Å². The van der Waals surface area contributed by atoms with Crippen molar-refractivity contribution < 1.29 is 0 Å². The molecule has 0 saturated carbocycles. The zero-order valence-corrected chi connectivity index (χ0v) is 13.5. The molecule has 1 aromatic carbocycles. The van der Waals surface area contributed by atoms with Crippen LogP contribution in [-0.4, -0.2) is 16.5 Å². The van der Waals surface area contributed by atoms with Crippen LogP contribution in [0, 0.1) is 6.92 Å². The average Bonchev–Trinajstić information content (AvgIpc) is 2.44. The second-order valence-corrected chi connectivity index (χ2v) is 6.10. The first-order chi connectivity index (χ1) is 10.1. The third-order valence-electron chi connectivity index (χ3n) is 3.14. The molecule has 21 heavy (non-hydrogen) atoms. The van der Waals surface area contributed by atoms with E-state index in [-0.39, 0.29) is 5.56 Å². The largest absolute Gasteiger partial charge is 0.310 e. The molecule has 1 atom stereocenters. The second kappa shape index (κ2) is 7.43. The molecular formula is C16H21N3OS. The minimum absolute atomic E-state index is 0.112. The lowest BCUT2D eigenvalue weighted by Gasteiger charge is -2.13. The van der Waals surface area contributed by atoms with Gasteiger partial charge in [0.05, 0.1) is 0 Å². The van der Waals surface area contributed by atoms with Crippen LogP contribution in [0.25, 0.3) is 0 Å². The van der Waals surface area contributed by atoms with Crippen molar-refractivity contribution in [1.29, 1.82) is 0 Å². The summed E-state index contributed by atoms with van der Waals surface area (Å²) in [5, 5.41) is 4.10. The van der Waals surface area contributed by atoms with Gasteiger partial charge in [0.1, 0.15) is 0 Å². The predicted octanol–water partition coefficient (Wildman–Crippen LogP) is 3.29. The molecule has 0 aliphatic carbocycles. The molecule has 1 unspecified atom stereocenters. The maximum Gasteiger partial charge on any atom is 0.251 e. The van der Waals surface area contributed by atoms with Crippen molar-refractivity contribution in [2.45, 2.75) is 43.3 Å². The number of H-pyrrole nitrogens is 1. The van der Waals surface area contributed by atoms with Gasteiger partial charge in [0, 0.05) is 22.7 Å². The van der Waals surface area contributed by atoms with Crippen molar-refractivity contribution in [2.75, 3.05) is 6.54 Å². The number of nitrogens with zero attached hydrogens (tertiary/aromatic N) is 1. The van der Waals surface area contributed by atoms with E-state index in [0.717, 1.165) is 23.6 Å². The Hall–Kier alpha value is -1.59. The summed E-state index contributed by atoms with van der Waals surface area (Å²) in [7, 11) is 0. The molecule has 5 heteroatoms. The number of aromatic nitrogens is 2. The molecule has 2 aromatic rings. The van der Waals surface area contributed by atoms with E-state index in [1.807, 2.05) is 6.92 Å². The van der Waals surface area contributed by atoms with E-state index in [4.69, 9.17) is 0 Å². The van der Waals surface area contributed by atoms with Crippen LogP contribution in [0.5, 0.6) is 0 Å². The van der Waals surface area contributed by atoms with E-state index < -0.39 is 0 Å². The van der Waals surface area contributed by atoms with Crippen LogP contribution in [0.4, 0.5) is 0 Å². The van der Waals surface area contributed by atoms with Crippen LogP contribution in [0.1, 0.15) is 37.6 Å². The van der Waals surface area contributed by atoms with Gasteiger partial charge in [0.15, 0.2) is 5.16 Å². The third-order valence-corrected chi connectivity index (χ3v) is 4.04. The SMILES string of the molecule is CCCNC(C)c1ccc(Sc2nc(C)cc(=O)[nH]2)cc1. The Morgan fingerprint density at radius 3 is 2.67 bits per heavy atom. The molecule has 1 heterocycles. The van der Waals surface area contributed by atoms with Crippen LogP contribution in [0.3, 0.4) is 0 Å². The number of aryl methyl sites for hydroxylation is 1. The molecule has 1 aromatic heterocycles. The molecule has 2 N–H and O–H groups in total. The molecular weight excluding hydrogens is 282 g/mol. The van der Waals surface area contributed by atoms with Crippen LogP contribution in [0.15, 0.2) is 45.2 Å². The second-order valence-electron chi connectivity index (χ2n) is 5.04. The molecule has 2 rings (SSSR count). The Balaban J connectivity index is 2.06. The summed E-state index contributed by atoms with van der Waals surface area (Å²) in [4.78, 5) is 19.6. The van der Waals surface area contributed by atoms with Gasteiger partial charge in [0.2, 0.25) is 0 Å². The molecule has 0 spiro atoms. The summed E-state index contributed by atoms with van der Waals surface area (Å²) in [5.74, 6) is 0. The topological polar surface area (TPSA) is 57.8 Å². The summed E-state index contributed by atoms with van der Waals surface area (Å²) in [6, 6.07) is 10.2. The van der Waals surface area contributed by atoms with Crippen LogP contribution in [-0.2, 0) is 0 Å². The van der Waals surface area contributed by atoms with Gasteiger partial charge >= 0.3 is 0 Å². The smallest absolute Gasteiger partial charge is 0.251 e. The number of hydrogen-bond acceptors (Lipinski definition) is 4. The fourth-order valence-corrected chi connectivity index (χ4v) is 2.85. The molecule has 112 valence electrons. The Bertz CT molecular complexity index is 637. The van der Waals surface area contributed by atoms with Crippen LogP contribution in [0.2, 0.25) is 0 Å². The summed E-state index contributed by atoms with van der Waals surface area (Å²) < 4.78 is 0. The third kappa shape index (κ3) is 4.72. The predicted molar refractivity (Wildman–Crippen MR) is 86.9 cm³/mol. The van der Waals surface area contributed by atoms with Crippen molar-refractivity contribution in [3.05, 3.63) is 51.9 Å². The zero-order chi connectivity index (χ0) is 15.2. The summed E-state index contributed by atoms with van der Waals surface area (Å²) in [6.45, 7) is 7.17. The highest BCUT2D eigenvalue weighted by Gasteiger charge is 2.05. The van der Waals surface area contributed by atoms with E-state index >= 15 is 0 Å². The molecule has 0 aliphatic rings. The molecule has 0 radical (unpaired) electrons. The van der Waals surface area contributed by atoms with Gasteiger partial charge in [-0.25, -0.2) is 4.98 Å². The van der Waals surface area contributed by atoms with Gasteiger partial charge < -0.3 is 10.3 Å². The minimum atomic E-state index is -0.112. The van der Waals surface area contributed by atoms with Crippen LogP contribution < -0.4 is 10.9 Å². The highest BCUT2D eigenvalue weighted by atomic mass is 32.2. The number of benzene rings is 1. The number of rotatable bonds is 6. The zero-order valence-electron chi connectivity index (χ0n) is 12.6. The average molecular weight is 303 g/mol. The number of nitrogens with one attached hydrogen (secondary N) is 2. The van der Waals surface area contributed by atoms with E-state index in [1.54, 1.807) is 0 Å². The van der Waals surface area contributed by atoms with Crippen molar-refractivity contribution in [2.24, 2.45) is 0 Å². The van der Waals surface area contributed by atoms with Crippen molar-refractivity contribution in [1.82, 2.24) is 15.3 Å². The lowest BCUT2D eigenvalue weighted by Crippen LogP contribution is -2.19. The highest BCUT2D eigenvalue weighted by Crippen LogP contribution is 2.25. The quantitative estimate of drug-likeness (QED) is 0.804. The van der Waals surface area contributed by atoms with Gasteiger partial charge in [-0.05, 0) is 44.5 Å². The molecule has 4 nitrogen and oxygen atoms in total. The lowest BCUT2D eigenvalue weighted by atomic mass is 10.1. The maximum absolute atomic E-state index is 11.4. The van der Waals surface area contributed by atoms with Gasteiger partial charge in [-0.1, -0.05) is 30.8 Å². The molecule has 0 amide bonds. The summed E-state index contributed by atoms with van der Waals surface area (Å²) >= 11 is 1.47. The standard InChI is InChI=1S/C16H21N3OS/c1-4-9-17-12(3)13-5-7-14(8-6-13)21-16-18-11(2)10-15(20)19-16/h5-8,10,12,17H,4,9H2,1-3H3,(H,18,19,20). The fraction of sp³-hybridized carbons (Fsp3) is 0.375. The lowest BCUT2D eigenvalue weighted by molar-refractivity contribution is 0.570. The minimum Gasteiger partial charge on any atom is -0.310 e. The van der Waals surface area contributed by atoms with E-state index in [0.29, 0.717) is 11.2 Å². The van der Waals surface area contributed by atoms with Gasteiger partial charge in [0.25, 0.3) is 5.56 Å². The number of aromatic amines is 1. The normalized spacial score (nSPS) is 12.3. The Kier molecular flexibility index (Phi) is 5.59. The monoisotopic (exact) mass is 303 g/mol. The molecule has 0 fully saturated rings. The number of hydrogen-bond donors (Lipinski definition) is 2. The van der Waals surface area contributed by atoms with Gasteiger partial charge in [-0.15, -0.1) is 0 Å². The van der Waals surface area contributed by atoms with E-state index in [1.165, 1.54) is 23.4 Å². The van der Waals surface area contributed by atoms with Gasteiger partial charge in [-0.3, -0.25) is 4.79 Å². The summed E-state index contributed by atoms with van der Waals surface area (Å²) in [6.07, 6.45) is 1.13. The maximum atomic E-state index is 11.4. The van der Waals surface area contributed by atoms with Crippen LogP contribution >= 0.6 is 11.8 Å². The molecule has 0 aliphatic heterocycles.